The number of rotatable bonds is 7. The van der Waals surface area contributed by atoms with Gasteiger partial charge in [-0.3, -0.25) is 4.79 Å². The Morgan fingerprint density at radius 3 is 2.69 bits per heavy atom. The Kier molecular flexibility index (Phi) is 5.88. The SMILES string of the molecule is Cc1nc(-c2cccs2)c(CC(=O)NCC(c2ccccc2)c2c[nH]c3ccccc23)s1. The van der Waals surface area contributed by atoms with Gasteiger partial charge in [-0.25, -0.2) is 4.98 Å². The summed E-state index contributed by atoms with van der Waals surface area (Å²) in [6.07, 6.45) is 2.41. The number of nitrogens with one attached hydrogen (secondary N) is 2. The number of benzene rings is 2. The first-order chi connectivity index (χ1) is 15.7. The highest BCUT2D eigenvalue weighted by Crippen LogP contribution is 2.32. The van der Waals surface area contributed by atoms with Gasteiger partial charge < -0.3 is 10.3 Å². The lowest BCUT2D eigenvalue weighted by atomic mass is 9.91. The molecule has 160 valence electrons. The van der Waals surface area contributed by atoms with Crippen LogP contribution < -0.4 is 5.32 Å². The summed E-state index contributed by atoms with van der Waals surface area (Å²) in [6.45, 7) is 2.53. The molecule has 6 heteroatoms. The van der Waals surface area contributed by atoms with Gasteiger partial charge in [0.25, 0.3) is 0 Å². The Labute approximate surface area is 195 Å². The van der Waals surface area contributed by atoms with Crippen molar-refractivity contribution in [2.75, 3.05) is 6.54 Å². The zero-order chi connectivity index (χ0) is 21.9. The van der Waals surface area contributed by atoms with Gasteiger partial charge in [-0.2, -0.15) is 0 Å². The molecule has 0 radical (unpaired) electrons. The molecular weight excluding hydrogens is 434 g/mol. The molecule has 1 amide bonds. The molecule has 0 aliphatic heterocycles. The van der Waals surface area contributed by atoms with E-state index in [1.54, 1.807) is 22.7 Å². The van der Waals surface area contributed by atoms with Gasteiger partial charge >= 0.3 is 0 Å². The van der Waals surface area contributed by atoms with Crippen LogP contribution in [0.25, 0.3) is 21.5 Å². The van der Waals surface area contributed by atoms with Crippen molar-refractivity contribution in [2.24, 2.45) is 0 Å². The fourth-order valence-corrected chi connectivity index (χ4v) is 5.85. The molecule has 0 saturated carbocycles. The third-order valence-corrected chi connectivity index (χ3v) is 7.43. The zero-order valence-corrected chi connectivity index (χ0v) is 19.3. The van der Waals surface area contributed by atoms with Crippen LogP contribution in [-0.2, 0) is 11.2 Å². The summed E-state index contributed by atoms with van der Waals surface area (Å²) in [5.74, 6) is 0.0866. The van der Waals surface area contributed by atoms with E-state index in [1.807, 2.05) is 42.6 Å². The molecule has 5 rings (SSSR count). The summed E-state index contributed by atoms with van der Waals surface area (Å²) in [6, 6.07) is 22.7. The summed E-state index contributed by atoms with van der Waals surface area (Å²) in [7, 11) is 0. The molecule has 4 nitrogen and oxygen atoms in total. The molecule has 1 atom stereocenters. The van der Waals surface area contributed by atoms with Crippen LogP contribution in [0.5, 0.6) is 0 Å². The van der Waals surface area contributed by atoms with Gasteiger partial charge in [0.15, 0.2) is 0 Å². The third kappa shape index (κ3) is 4.24. The molecule has 0 saturated heterocycles. The first-order valence-corrected chi connectivity index (χ1v) is 12.3. The number of fused-ring (bicyclic) bond motifs is 1. The lowest BCUT2D eigenvalue weighted by molar-refractivity contribution is -0.120. The third-order valence-electron chi connectivity index (χ3n) is 5.58. The monoisotopic (exact) mass is 457 g/mol. The van der Waals surface area contributed by atoms with Gasteiger partial charge in [0.2, 0.25) is 5.91 Å². The number of thiophene rings is 1. The van der Waals surface area contributed by atoms with Gasteiger partial charge in [-0.15, -0.1) is 22.7 Å². The summed E-state index contributed by atoms with van der Waals surface area (Å²) in [4.78, 5) is 23.1. The average Bonchev–Trinajstić information content (AvgIpc) is 3.55. The number of hydrogen-bond donors (Lipinski definition) is 2. The minimum Gasteiger partial charge on any atom is -0.361 e. The Morgan fingerprint density at radius 1 is 1.06 bits per heavy atom. The van der Waals surface area contributed by atoms with Crippen molar-refractivity contribution in [1.29, 1.82) is 0 Å². The second-order valence-electron chi connectivity index (χ2n) is 7.72. The predicted octanol–water partition coefficient (Wildman–Crippen LogP) is 6.15. The molecule has 2 aromatic carbocycles. The lowest BCUT2D eigenvalue weighted by Crippen LogP contribution is -2.30. The fourth-order valence-electron chi connectivity index (χ4n) is 4.09. The molecule has 0 bridgehead atoms. The largest absolute Gasteiger partial charge is 0.361 e. The summed E-state index contributed by atoms with van der Waals surface area (Å²) in [5, 5.41) is 7.41. The first kappa shape index (κ1) is 20.7. The van der Waals surface area contributed by atoms with E-state index in [-0.39, 0.29) is 11.8 Å². The minimum absolute atomic E-state index is 0.0206. The van der Waals surface area contributed by atoms with Crippen molar-refractivity contribution in [3.8, 4) is 10.6 Å². The van der Waals surface area contributed by atoms with Crippen molar-refractivity contribution < 1.29 is 4.79 Å². The summed E-state index contributed by atoms with van der Waals surface area (Å²) < 4.78 is 0. The summed E-state index contributed by atoms with van der Waals surface area (Å²) in [5.41, 5.74) is 4.43. The number of aromatic amines is 1. The van der Waals surface area contributed by atoms with Crippen LogP contribution in [0, 0.1) is 6.92 Å². The number of para-hydroxylation sites is 1. The Bertz CT molecular complexity index is 1340. The van der Waals surface area contributed by atoms with E-state index in [2.05, 4.69) is 57.9 Å². The molecule has 5 aromatic rings. The van der Waals surface area contributed by atoms with Crippen molar-refractivity contribution >= 4 is 39.5 Å². The minimum atomic E-state index is 0.0206. The second kappa shape index (κ2) is 9.10. The van der Waals surface area contributed by atoms with E-state index < -0.39 is 0 Å². The van der Waals surface area contributed by atoms with E-state index in [0.29, 0.717) is 13.0 Å². The van der Waals surface area contributed by atoms with Crippen LogP contribution in [0.1, 0.15) is 26.9 Å². The van der Waals surface area contributed by atoms with Crippen LogP contribution in [0.4, 0.5) is 0 Å². The topological polar surface area (TPSA) is 57.8 Å². The molecular formula is C26H23N3OS2. The highest BCUT2D eigenvalue weighted by Gasteiger charge is 2.20. The molecule has 0 spiro atoms. The number of carbonyl (C=O) groups is 1. The van der Waals surface area contributed by atoms with Gasteiger partial charge in [-0.05, 0) is 35.6 Å². The number of H-pyrrole nitrogens is 1. The van der Waals surface area contributed by atoms with Gasteiger partial charge in [0.1, 0.15) is 0 Å². The quantitative estimate of drug-likeness (QED) is 0.308. The number of nitrogens with zero attached hydrogens (tertiary/aromatic N) is 1. The second-order valence-corrected chi connectivity index (χ2v) is 9.95. The molecule has 0 aliphatic rings. The molecule has 3 heterocycles. The van der Waals surface area contributed by atoms with Crippen LogP contribution in [-0.4, -0.2) is 22.4 Å². The van der Waals surface area contributed by atoms with Crippen molar-refractivity contribution in [1.82, 2.24) is 15.3 Å². The van der Waals surface area contributed by atoms with Crippen molar-refractivity contribution in [3.63, 3.8) is 0 Å². The number of thiazole rings is 1. The highest BCUT2D eigenvalue weighted by atomic mass is 32.1. The van der Waals surface area contributed by atoms with E-state index in [4.69, 9.17) is 0 Å². The molecule has 1 unspecified atom stereocenters. The molecule has 2 N–H and O–H groups in total. The molecule has 32 heavy (non-hydrogen) atoms. The fraction of sp³-hybridized carbons (Fsp3) is 0.154. The maximum Gasteiger partial charge on any atom is 0.225 e. The maximum absolute atomic E-state index is 13.0. The van der Waals surface area contributed by atoms with Gasteiger partial charge in [0.05, 0.1) is 22.0 Å². The number of hydrogen-bond acceptors (Lipinski definition) is 4. The normalized spacial score (nSPS) is 12.2. The van der Waals surface area contributed by atoms with Crippen LogP contribution >= 0.6 is 22.7 Å². The van der Waals surface area contributed by atoms with E-state index in [0.717, 1.165) is 26.0 Å². The standard InChI is InChI=1S/C26H23N3OS2/c1-17-29-26(23-12-7-13-31-23)24(32-17)14-25(30)28-15-20(18-8-3-2-4-9-18)21-16-27-22-11-6-5-10-19(21)22/h2-13,16,20,27H,14-15H2,1H3,(H,28,30). The summed E-state index contributed by atoms with van der Waals surface area (Å²) >= 11 is 3.26. The van der Waals surface area contributed by atoms with E-state index in [9.17, 15) is 4.79 Å². The first-order valence-electron chi connectivity index (χ1n) is 10.6. The average molecular weight is 458 g/mol. The number of carbonyl (C=O) groups excluding carboxylic acids is 1. The predicted molar refractivity (Wildman–Crippen MR) is 133 cm³/mol. The molecule has 3 aromatic heterocycles. The van der Waals surface area contributed by atoms with Crippen molar-refractivity contribution in [3.05, 3.63) is 99.3 Å². The van der Waals surface area contributed by atoms with E-state index >= 15 is 0 Å². The smallest absolute Gasteiger partial charge is 0.225 e. The Balaban J connectivity index is 1.37. The number of aromatic nitrogens is 2. The highest BCUT2D eigenvalue weighted by molar-refractivity contribution is 7.15. The van der Waals surface area contributed by atoms with Crippen LogP contribution in [0.3, 0.4) is 0 Å². The van der Waals surface area contributed by atoms with Gasteiger partial charge in [0, 0.05) is 34.4 Å². The van der Waals surface area contributed by atoms with Crippen LogP contribution in [0.15, 0.2) is 78.3 Å². The molecule has 0 fully saturated rings. The Morgan fingerprint density at radius 2 is 1.88 bits per heavy atom. The molecule has 0 aliphatic carbocycles. The van der Waals surface area contributed by atoms with Crippen molar-refractivity contribution in [2.45, 2.75) is 19.3 Å². The van der Waals surface area contributed by atoms with Crippen LogP contribution in [0.2, 0.25) is 0 Å². The maximum atomic E-state index is 13.0. The zero-order valence-electron chi connectivity index (χ0n) is 17.7. The lowest BCUT2D eigenvalue weighted by Gasteiger charge is -2.18. The van der Waals surface area contributed by atoms with E-state index in [1.165, 1.54) is 16.5 Å². The number of amides is 1. The van der Waals surface area contributed by atoms with Gasteiger partial charge in [-0.1, -0.05) is 54.6 Å². The Hall–Kier alpha value is -3.22. The number of aryl methyl sites for hydroxylation is 1.